The Hall–Kier alpha value is -1.72. The maximum Gasteiger partial charge on any atom is 0.248 e. The van der Waals surface area contributed by atoms with E-state index < -0.39 is 16.1 Å². The molecule has 3 rings (SSSR count). The van der Waals surface area contributed by atoms with Crippen molar-refractivity contribution in [1.29, 1.82) is 0 Å². The molecule has 1 atom stereocenters. The van der Waals surface area contributed by atoms with Gasteiger partial charge in [-0.15, -0.1) is 0 Å². The topological polar surface area (TPSA) is 88.6 Å². The Morgan fingerprint density at radius 3 is 2.35 bits per heavy atom. The third kappa shape index (κ3) is 6.48. The normalized spacial score (nSPS) is 20.6. The van der Waals surface area contributed by atoms with E-state index >= 15 is 0 Å². The van der Waals surface area contributed by atoms with E-state index in [-0.39, 0.29) is 37.2 Å². The summed E-state index contributed by atoms with van der Waals surface area (Å²) in [4.78, 5) is 17.1. The van der Waals surface area contributed by atoms with Crippen molar-refractivity contribution in [2.75, 3.05) is 72.8 Å². The van der Waals surface area contributed by atoms with Gasteiger partial charge in [0.2, 0.25) is 15.9 Å². The highest BCUT2D eigenvalue weighted by Crippen LogP contribution is 2.30. The molecular weight excluding hydrogens is 458 g/mol. The number of ether oxygens (including phenoxy) is 3. The van der Waals surface area contributed by atoms with Crippen molar-refractivity contribution in [3.63, 3.8) is 0 Å². The second-order valence-electron chi connectivity index (χ2n) is 9.53. The lowest BCUT2D eigenvalue weighted by molar-refractivity contribution is -0.138. The first-order chi connectivity index (χ1) is 16.1. The number of amides is 1. The van der Waals surface area contributed by atoms with Crippen LogP contribution in [0.15, 0.2) is 17.0 Å². The molecule has 1 amide bonds. The van der Waals surface area contributed by atoms with Crippen molar-refractivity contribution in [2.24, 2.45) is 5.92 Å². The zero-order chi connectivity index (χ0) is 24.9. The highest BCUT2D eigenvalue weighted by molar-refractivity contribution is 7.89. The van der Waals surface area contributed by atoms with Crippen molar-refractivity contribution in [3.05, 3.63) is 23.3 Å². The quantitative estimate of drug-likeness (QED) is 0.511. The fourth-order valence-corrected chi connectivity index (χ4v) is 6.70. The number of sulfonamides is 1. The first-order valence-corrected chi connectivity index (χ1v) is 13.4. The molecular formula is C24H39N3O6S. The predicted octanol–water partition coefficient (Wildman–Crippen LogP) is 1.52. The molecule has 2 saturated heterocycles. The van der Waals surface area contributed by atoms with Gasteiger partial charge in [-0.1, -0.05) is 13.8 Å². The summed E-state index contributed by atoms with van der Waals surface area (Å²) >= 11 is 0. The number of carbonyl (C=O) groups excluding carboxylic acids is 1. The zero-order valence-corrected chi connectivity index (χ0v) is 21.9. The van der Waals surface area contributed by atoms with Crippen LogP contribution >= 0.6 is 0 Å². The maximum absolute atomic E-state index is 13.6. The van der Waals surface area contributed by atoms with Crippen LogP contribution in [-0.2, 0) is 24.3 Å². The minimum Gasteiger partial charge on any atom is -0.497 e. The number of nitrogens with zero attached hydrogens (tertiary/aromatic N) is 3. The summed E-state index contributed by atoms with van der Waals surface area (Å²) in [6, 6.07) is 2.96. The number of hydrogen-bond acceptors (Lipinski definition) is 7. The average molecular weight is 498 g/mol. The summed E-state index contributed by atoms with van der Waals surface area (Å²) in [6.07, 6.45) is 0. The van der Waals surface area contributed by atoms with E-state index in [1.165, 1.54) is 4.31 Å². The van der Waals surface area contributed by atoms with Gasteiger partial charge in [0.25, 0.3) is 0 Å². The lowest BCUT2D eigenvalue weighted by Gasteiger charge is -2.36. The van der Waals surface area contributed by atoms with Gasteiger partial charge in [0.1, 0.15) is 12.4 Å². The zero-order valence-electron chi connectivity index (χ0n) is 21.1. The van der Waals surface area contributed by atoms with Gasteiger partial charge in [0.05, 0.1) is 37.9 Å². The number of piperazine rings is 1. The molecule has 0 aliphatic carbocycles. The van der Waals surface area contributed by atoms with E-state index in [4.69, 9.17) is 14.2 Å². The number of morpholine rings is 1. The molecule has 0 unspecified atom stereocenters. The Kier molecular flexibility index (Phi) is 9.34. The standard InChI is InChI=1S/C24H39N3O6S/c1-18(2)14-25-6-8-26(9-7-25)23(28)17-33-16-21-15-32-11-10-27(21)34(29,30)24-19(3)12-22(31-5)13-20(24)4/h12-13,18,21H,6-11,14-17H2,1-5H3/t21-/m0/s1. The Bertz CT molecular complexity index is 921. The van der Waals surface area contributed by atoms with Gasteiger partial charge in [-0.25, -0.2) is 8.42 Å². The number of rotatable bonds is 9. The van der Waals surface area contributed by atoms with E-state index in [2.05, 4.69) is 18.7 Å². The summed E-state index contributed by atoms with van der Waals surface area (Å²) in [5.41, 5.74) is 1.27. The van der Waals surface area contributed by atoms with Gasteiger partial charge in [-0.05, 0) is 43.0 Å². The molecule has 34 heavy (non-hydrogen) atoms. The minimum absolute atomic E-state index is 0.0582. The molecule has 1 aromatic rings. The van der Waals surface area contributed by atoms with Crippen LogP contribution < -0.4 is 4.74 Å². The van der Waals surface area contributed by atoms with Gasteiger partial charge in [0.15, 0.2) is 0 Å². The second kappa shape index (κ2) is 11.8. The molecule has 0 radical (unpaired) electrons. The van der Waals surface area contributed by atoms with Crippen molar-refractivity contribution in [3.8, 4) is 5.75 Å². The molecule has 0 saturated carbocycles. The van der Waals surface area contributed by atoms with E-state index in [9.17, 15) is 13.2 Å². The molecule has 9 nitrogen and oxygen atoms in total. The summed E-state index contributed by atoms with van der Waals surface area (Å²) in [5.74, 6) is 1.17. The number of hydrogen-bond donors (Lipinski definition) is 0. The second-order valence-corrected chi connectivity index (χ2v) is 11.4. The number of carbonyl (C=O) groups is 1. The Morgan fingerprint density at radius 1 is 1.12 bits per heavy atom. The average Bonchev–Trinajstić information content (AvgIpc) is 2.78. The lowest BCUT2D eigenvalue weighted by Crippen LogP contribution is -2.52. The van der Waals surface area contributed by atoms with Crippen molar-refractivity contribution in [2.45, 2.75) is 38.6 Å². The van der Waals surface area contributed by atoms with Crippen LogP contribution in [0.25, 0.3) is 0 Å². The molecule has 2 fully saturated rings. The minimum atomic E-state index is -3.77. The molecule has 0 aromatic heterocycles. The number of benzene rings is 1. The van der Waals surface area contributed by atoms with Crippen molar-refractivity contribution < 1.29 is 27.4 Å². The molecule has 0 N–H and O–H groups in total. The molecule has 1 aromatic carbocycles. The number of methoxy groups -OCH3 is 1. The monoisotopic (exact) mass is 497 g/mol. The van der Waals surface area contributed by atoms with Gasteiger partial charge >= 0.3 is 0 Å². The van der Waals surface area contributed by atoms with Crippen molar-refractivity contribution >= 4 is 15.9 Å². The van der Waals surface area contributed by atoms with Crippen LogP contribution in [0.5, 0.6) is 5.75 Å². The fraction of sp³-hybridized carbons (Fsp3) is 0.708. The van der Waals surface area contributed by atoms with E-state index in [1.807, 2.05) is 4.90 Å². The van der Waals surface area contributed by atoms with Crippen molar-refractivity contribution in [1.82, 2.24) is 14.1 Å². The lowest BCUT2D eigenvalue weighted by atomic mass is 10.1. The predicted molar refractivity (Wildman–Crippen MR) is 130 cm³/mol. The third-order valence-electron chi connectivity index (χ3n) is 6.29. The van der Waals surface area contributed by atoms with Crippen LogP contribution in [0.2, 0.25) is 0 Å². The van der Waals surface area contributed by atoms with Crippen LogP contribution in [0.4, 0.5) is 0 Å². The van der Waals surface area contributed by atoms with Crippen LogP contribution in [0.1, 0.15) is 25.0 Å². The van der Waals surface area contributed by atoms with Gasteiger partial charge in [0, 0.05) is 39.3 Å². The van der Waals surface area contributed by atoms with Gasteiger partial charge in [-0.2, -0.15) is 4.31 Å². The van der Waals surface area contributed by atoms with E-state index in [0.29, 0.717) is 42.5 Å². The van der Waals surface area contributed by atoms with Gasteiger partial charge in [-0.3, -0.25) is 9.69 Å². The molecule has 10 heteroatoms. The maximum atomic E-state index is 13.6. The Balaban J connectivity index is 1.59. The fourth-order valence-electron chi connectivity index (χ4n) is 4.71. The highest BCUT2D eigenvalue weighted by atomic mass is 32.2. The summed E-state index contributed by atoms with van der Waals surface area (Å²) in [6.45, 7) is 12.9. The summed E-state index contributed by atoms with van der Waals surface area (Å²) < 4.78 is 45.2. The van der Waals surface area contributed by atoms with E-state index in [1.54, 1.807) is 33.1 Å². The summed E-state index contributed by atoms with van der Waals surface area (Å²) in [7, 11) is -2.21. The third-order valence-corrected chi connectivity index (χ3v) is 8.55. The summed E-state index contributed by atoms with van der Waals surface area (Å²) in [5, 5.41) is 0. The van der Waals surface area contributed by atoms with Gasteiger partial charge < -0.3 is 19.1 Å². The molecule has 2 aliphatic rings. The first-order valence-electron chi connectivity index (χ1n) is 12.0. The van der Waals surface area contributed by atoms with Crippen LogP contribution in [-0.4, -0.2) is 107 Å². The van der Waals surface area contributed by atoms with Crippen LogP contribution in [0, 0.1) is 19.8 Å². The SMILES string of the molecule is COc1cc(C)c(S(=O)(=O)N2CCOC[C@H]2COCC(=O)N2CCN(CC(C)C)CC2)c(C)c1. The molecule has 2 heterocycles. The highest BCUT2D eigenvalue weighted by Gasteiger charge is 2.36. The molecule has 0 spiro atoms. The molecule has 0 bridgehead atoms. The number of aryl methyl sites for hydroxylation is 2. The Morgan fingerprint density at radius 2 is 1.76 bits per heavy atom. The molecule has 192 valence electrons. The Labute approximate surface area is 204 Å². The first kappa shape index (κ1) is 26.9. The van der Waals surface area contributed by atoms with Crippen LogP contribution in [0.3, 0.4) is 0 Å². The molecule has 2 aliphatic heterocycles. The largest absolute Gasteiger partial charge is 0.497 e. The van der Waals surface area contributed by atoms with E-state index in [0.717, 1.165) is 19.6 Å². The smallest absolute Gasteiger partial charge is 0.248 e.